The summed E-state index contributed by atoms with van der Waals surface area (Å²) in [6.07, 6.45) is 1.83. The summed E-state index contributed by atoms with van der Waals surface area (Å²) in [5, 5.41) is -0.103. The maximum Gasteiger partial charge on any atom is 0.306 e. The molecule has 4 heteroatoms. The van der Waals surface area contributed by atoms with E-state index in [-0.39, 0.29) is 17.6 Å². The second-order valence-electron chi connectivity index (χ2n) is 2.32. The van der Waals surface area contributed by atoms with E-state index in [1.165, 1.54) is 0 Å². The molecule has 0 aliphatic carbocycles. The van der Waals surface area contributed by atoms with Crippen LogP contribution in [0.15, 0.2) is 0 Å². The van der Waals surface area contributed by atoms with Gasteiger partial charge in [0, 0.05) is 22.3 Å². The number of hydrogen-bond donors (Lipinski definition) is 0. The van der Waals surface area contributed by atoms with Crippen LogP contribution in [0.3, 0.4) is 0 Å². The Morgan fingerprint density at radius 1 is 1.64 bits per heavy atom. The van der Waals surface area contributed by atoms with Gasteiger partial charge in [0.25, 0.3) is 0 Å². The number of esters is 1. The van der Waals surface area contributed by atoms with E-state index in [2.05, 4.69) is 4.74 Å². The molecule has 0 aliphatic heterocycles. The monoisotopic (exact) mass is 178 g/mol. The molecule has 0 aromatic heterocycles. The van der Waals surface area contributed by atoms with Gasteiger partial charge in [-0.1, -0.05) is 6.92 Å². The second-order valence-corrected chi connectivity index (χ2v) is 4.12. The lowest BCUT2D eigenvalue weighted by Gasteiger charge is -2.06. The van der Waals surface area contributed by atoms with E-state index in [0.717, 1.165) is 0 Å². The number of rotatable bonds is 4. The molecule has 0 aromatic carbocycles. The van der Waals surface area contributed by atoms with Crippen molar-refractivity contribution in [3.8, 4) is 0 Å². The van der Waals surface area contributed by atoms with Crippen molar-refractivity contribution < 1.29 is 13.7 Å². The molecule has 0 heterocycles. The summed E-state index contributed by atoms with van der Waals surface area (Å²) in [5.41, 5.74) is 0. The van der Waals surface area contributed by atoms with Gasteiger partial charge >= 0.3 is 5.97 Å². The Hall–Kier alpha value is -0.380. The Bertz CT molecular complexity index is 156. The minimum absolute atomic E-state index is 0.103. The van der Waals surface area contributed by atoms with Gasteiger partial charge in [0.1, 0.15) is 0 Å². The first-order valence-corrected chi connectivity index (χ1v) is 5.18. The predicted octanol–water partition coefficient (Wildman–Crippen LogP) is 0.707. The van der Waals surface area contributed by atoms with Gasteiger partial charge in [0.2, 0.25) is 0 Å². The fourth-order valence-corrected chi connectivity index (χ4v) is 0.943. The molecule has 2 unspecified atom stereocenters. The van der Waals surface area contributed by atoms with E-state index >= 15 is 0 Å². The molecule has 0 spiro atoms. The van der Waals surface area contributed by atoms with Crippen LogP contribution < -0.4 is 0 Å². The first-order valence-electron chi connectivity index (χ1n) is 3.55. The van der Waals surface area contributed by atoms with Crippen molar-refractivity contribution in [1.82, 2.24) is 0 Å². The first kappa shape index (κ1) is 10.6. The summed E-state index contributed by atoms with van der Waals surface area (Å²) in [6.45, 7) is 3.92. The molecule has 11 heavy (non-hydrogen) atoms. The number of hydrogen-bond acceptors (Lipinski definition) is 3. The SMILES string of the molecule is CCOC(=O)CC(C)S(C)=O. The highest BCUT2D eigenvalue weighted by molar-refractivity contribution is 7.84. The Morgan fingerprint density at radius 2 is 2.18 bits per heavy atom. The van der Waals surface area contributed by atoms with Gasteiger partial charge in [0.05, 0.1) is 13.0 Å². The highest BCUT2D eigenvalue weighted by Gasteiger charge is 2.12. The van der Waals surface area contributed by atoms with Gasteiger partial charge in [-0.3, -0.25) is 9.00 Å². The molecule has 0 radical (unpaired) electrons. The minimum Gasteiger partial charge on any atom is -0.466 e. The zero-order valence-corrected chi connectivity index (χ0v) is 7.94. The van der Waals surface area contributed by atoms with Crippen molar-refractivity contribution in [1.29, 1.82) is 0 Å². The Balaban J connectivity index is 3.66. The van der Waals surface area contributed by atoms with Crippen LogP contribution in [0.1, 0.15) is 20.3 Å². The Labute approximate surface area is 69.6 Å². The van der Waals surface area contributed by atoms with Gasteiger partial charge in [-0.2, -0.15) is 0 Å². The average Bonchev–Trinajstić information content (AvgIpc) is 1.87. The van der Waals surface area contributed by atoms with Crippen LogP contribution in [0, 0.1) is 0 Å². The summed E-state index contributed by atoms with van der Waals surface area (Å²) in [6, 6.07) is 0. The lowest BCUT2D eigenvalue weighted by Crippen LogP contribution is -2.16. The molecule has 0 saturated heterocycles. The molecule has 3 nitrogen and oxygen atoms in total. The van der Waals surface area contributed by atoms with Crippen LogP contribution in [0.4, 0.5) is 0 Å². The van der Waals surface area contributed by atoms with Crippen molar-refractivity contribution in [2.75, 3.05) is 12.9 Å². The van der Waals surface area contributed by atoms with E-state index in [4.69, 9.17) is 0 Å². The second kappa shape index (κ2) is 5.29. The smallest absolute Gasteiger partial charge is 0.306 e. The summed E-state index contributed by atoms with van der Waals surface area (Å²) in [7, 11) is -0.935. The fourth-order valence-electron chi connectivity index (χ4n) is 0.572. The average molecular weight is 178 g/mol. The maximum absolute atomic E-state index is 10.8. The third-order valence-electron chi connectivity index (χ3n) is 1.33. The fraction of sp³-hybridized carbons (Fsp3) is 0.857. The van der Waals surface area contributed by atoms with Crippen molar-refractivity contribution in [2.24, 2.45) is 0 Å². The predicted molar refractivity (Wildman–Crippen MR) is 44.8 cm³/mol. The number of ether oxygens (including phenoxy) is 1. The van der Waals surface area contributed by atoms with Gasteiger partial charge in [-0.15, -0.1) is 0 Å². The molecule has 2 atom stereocenters. The molecule has 0 aromatic rings. The molecule has 0 bridgehead atoms. The molecule has 0 rings (SSSR count). The summed E-state index contributed by atoms with van der Waals surface area (Å²) in [5.74, 6) is -0.268. The largest absolute Gasteiger partial charge is 0.466 e. The molecule has 0 amide bonds. The summed E-state index contributed by atoms with van der Waals surface area (Å²) in [4.78, 5) is 10.8. The quantitative estimate of drug-likeness (QED) is 0.595. The summed E-state index contributed by atoms with van der Waals surface area (Å²) < 4.78 is 15.5. The van der Waals surface area contributed by atoms with Crippen LogP contribution in [-0.4, -0.2) is 28.3 Å². The van der Waals surface area contributed by atoms with Crippen molar-refractivity contribution in [3.05, 3.63) is 0 Å². The zero-order valence-electron chi connectivity index (χ0n) is 7.12. The highest BCUT2D eigenvalue weighted by Crippen LogP contribution is 2.00. The van der Waals surface area contributed by atoms with E-state index in [1.54, 1.807) is 20.1 Å². The molecule has 0 N–H and O–H groups in total. The normalized spacial score (nSPS) is 15.5. The van der Waals surface area contributed by atoms with Crippen LogP contribution in [0.2, 0.25) is 0 Å². The van der Waals surface area contributed by atoms with E-state index < -0.39 is 10.8 Å². The molecule has 0 fully saturated rings. The molecule has 66 valence electrons. The zero-order chi connectivity index (χ0) is 8.85. The van der Waals surface area contributed by atoms with Crippen LogP contribution in [0.5, 0.6) is 0 Å². The van der Waals surface area contributed by atoms with Crippen molar-refractivity contribution in [3.63, 3.8) is 0 Å². The van der Waals surface area contributed by atoms with Gasteiger partial charge in [-0.05, 0) is 6.92 Å². The number of carbonyl (C=O) groups excluding carboxylic acids is 1. The lowest BCUT2D eigenvalue weighted by atomic mass is 10.3. The van der Waals surface area contributed by atoms with Crippen molar-refractivity contribution >= 4 is 16.8 Å². The van der Waals surface area contributed by atoms with Crippen LogP contribution in [-0.2, 0) is 20.3 Å². The first-order chi connectivity index (χ1) is 5.07. The number of carbonyl (C=O) groups is 1. The lowest BCUT2D eigenvalue weighted by molar-refractivity contribution is -0.143. The van der Waals surface area contributed by atoms with Gasteiger partial charge in [0.15, 0.2) is 0 Å². The van der Waals surface area contributed by atoms with Gasteiger partial charge < -0.3 is 4.74 Å². The standard InChI is InChI=1S/C7H14O3S/c1-4-10-7(8)5-6(2)11(3)9/h6H,4-5H2,1-3H3. The molecular formula is C7H14O3S. The van der Waals surface area contributed by atoms with Crippen LogP contribution >= 0.6 is 0 Å². The topological polar surface area (TPSA) is 43.4 Å². The summed E-state index contributed by atoms with van der Waals surface area (Å²) >= 11 is 0. The van der Waals surface area contributed by atoms with E-state index in [9.17, 15) is 9.00 Å². The molecule has 0 aliphatic rings. The van der Waals surface area contributed by atoms with Crippen LogP contribution in [0.25, 0.3) is 0 Å². The van der Waals surface area contributed by atoms with Gasteiger partial charge in [-0.25, -0.2) is 0 Å². The highest BCUT2D eigenvalue weighted by atomic mass is 32.2. The van der Waals surface area contributed by atoms with E-state index in [1.807, 2.05) is 0 Å². The molecular weight excluding hydrogens is 164 g/mol. The third kappa shape index (κ3) is 4.95. The third-order valence-corrected chi connectivity index (χ3v) is 2.63. The Kier molecular flexibility index (Phi) is 5.11. The Morgan fingerprint density at radius 3 is 2.55 bits per heavy atom. The minimum atomic E-state index is -0.935. The molecule has 0 saturated carbocycles. The van der Waals surface area contributed by atoms with Crippen molar-refractivity contribution in [2.45, 2.75) is 25.5 Å². The van der Waals surface area contributed by atoms with E-state index in [0.29, 0.717) is 6.61 Å². The maximum atomic E-state index is 10.8.